The van der Waals surface area contributed by atoms with Crippen LogP contribution in [0.5, 0.6) is 0 Å². The van der Waals surface area contributed by atoms with Gasteiger partial charge in [0.1, 0.15) is 0 Å². The van der Waals surface area contributed by atoms with Gasteiger partial charge in [0, 0.05) is 12.6 Å². The fraction of sp³-hybridized carbons (Fsp3) is 0.182. The standard InChI is InChI=1S/C11H13NO/c1-10(7-8-12-13)9-11-5-3-2-4-6-11/h2-6,8-9,13H,7H2,1H3/b10-9+,12-8+. The molecule has 0 saturated heterocycles. The number of hydrogen-bond acceptors (Lipinski definition) is 2. The second kappa shape index (κ2) is 5.14. The van der Waals surface area contributed by atoms with Crippen LogP contribution in [0.3, 0.4) is 0 Å². The lowest BCUT2D eigenvalue weighted by Crippen LogP contribution is -1.79. The Labute approximate surface area is 78.2 Å². The van der Waals surface area contributed by atoms with Crippen LogP contribution in [0.2, 0.25) is 0 Å². The first-order chi connectivity index (χ1) is 6.33. The Morgan fingerprint density at radius 1 is 1.38 bits per heavy atom. The van der Waals surface area contributed by atoms with Crippen molar-refractivity contribution in [2.75, 3.05) is 0 Å². The van der Waals surface area contributed by atoms with Crippen LogP contribution in [0.1, 0.15) is 18.9 Å². The van der Waals surface area contributed by atoms with Gasteiger partial charge in [-0.2, -0.15) is 0 Å². The van der Waals surface area contributed by atoms with Gasteiger partial charge in [-0.3, -0.25) is 0 Å². The molecule has 1 aromatic rings. The second-order valence-electron chi connectivity index (χ2n) is 2.90. The molecule has 0 saturated carbocycles. The summed E-state index contributed by atoms with van der Waals surface area (Å²) >= 11 is 0. The third-order valence-electron chi connectivity index (χ3n) is 1.71. The van der Waals surface area contributed by atoms with E-state index in [1.54, 1.807) is 0 Å². The average Bonchev–Trinajstić information content (AvgIpc) is 2.16. The predicted molar refractivity (Wildman–Crippen MR) is 55.0 cm³/mol. The van der Waals surface area contributed by atoms with Gasteiger partial charge in [-0.1, -0.05) is 42.0 Å². The van der Waals surface area contributed by atoms with Crippen LogP contribution in [-0.4, -0.2) is 11.4 Å². The van der Waals surface area contributed by atoms with E-state index in [2.05, 4.69) is 11.2 Å². The smallest absolute Gasteiger partial charge is 0.0476 e. The monoisotopic (exact) mass is 175 g/mol. The van der Waals surface area contributed by atoms with Crippen LogP contribution >= 0.6 is 0 Å². The van der Waals surface area contributed by atoms with E-state index >= 15 is 0 Å². The summed E-state index contributed by atoms with van der Waals surface area (Å²) in [5, 5.41) is 11.2. The van der Waals surface area contributed by atoms with Crippen molar-refractivity contribution in [1.82, 2.24) is 0 Å². The van der Waals surface area contributed by atoms with Gasteiger partial charge in [0.15, 0.2) is 0 Å². The largest absolute Gasteiger partial charge is 0.411 e. The Morgan fingerprint density at radius 2 is 2.08 bits per heavy atom. The topological polar surface area (TPSA) is 32.6 Å². The van der Waals surface area contributed by atoms with Gasteiger partial charge in [-0.25, -0.2) is 0 Å². The SMILES string of the molecule is C/C(=C\c1ccccc1)C/C=N/O. The Morgan fingerprint density at radius 3 is 2.69 bits per heavy atom. The Hall–Kier alpha value is -1.57. The lowest BCUT2D eigenvalue weighted by Gasteiger charge is -1.95. The molecule has 0 fully saturated rings. The van der Waals surface area contributed by atoms with Crippen molar-refractivity contribution in [3.63, 3.8) is 0 Å². The minimum atomic E-state index is 0.686. The molecule has 0 amide bonds. The van der Waals surface area contributed by atoms with E-state index < -0.39 is 0 Å². The molecular weight excluding hydrogens is 162 g/mol. The predicted octanol–water partition coefficient (Wildman–Crippen LogP) is 2.94. The van der Waals surface area contributed by atoms with Gasteiger partial charge in [-0.15, -0.1) is 5.16 Å². The number of allylic oxidation sites excluding steroid dienone is 1. The highest BCUT2D eigenvalue weighted by Crippen LogP contribution is 2.07. The van der Waals surface area contributed by atoms with Crippen molar-refractivity contribution in [1.29, 1.82) is 0 Å². The van der Waals surface area contributed by atoms with Crippen LogP contribution in [-0.2, 0) is 0 Å². The van der Waals surface area contributed by atoms with Gasteiger partial charge in [-0.05, 0) is 12.5 Å². The molecule has 1 N–H and O–H groups in total. The fourth-order valence-corrected chi connectivity index (χ4v) is 1.08. The summed E-state index contributed by atoms with van der Waals surface area (Å²) in [5.74, 6) is 0. The third kappa shape index (κ3) is 3.56. The van der Waals surface area contributed by atoms with Crippen LogP contribution in [0.15, 0.2) is 41.1 Å². The van der Waals surface area contributed by atoms with Crippen molar-refractivity contribution in [2.45, 2.75) is 13.3 Å². The van der Waals surface area contributed by atoms with E-state index in [0.29, 0.717) is 6.42 Å². The summed E-state index contributed by atoms with van der Waals surface area (Å²) in [5.41, 5.74) is 2.34. The summed E-state index contributed by atoms with van der Waals surface area (Å²) < 4.78 is 0. The first-order valence-corrected chi connectivity index (χ1v) is 4.21. The number of oxime groups is 1. The van der Waals surface area contributed by atoms with Gasteiger partial charge < -0.3 is 5.21 Å². The van der Waals surface area contributed by atoms with Gasteiger partial charge >= 0.3 is 0 Å². The Bertz CT molecular complexity index is 301. The summed E-state index contributed by atoms with van der Waals surface area (Å²) in [6.45, 7) is 2.01. The minimum absolute atomic E-state index is 0.686. The lowest BCUT2D eigenvalue weighted by atomic mass is 10.1. The molecule has 0 heterocycles. The van der Waals surface area contributed by atoms with E-state index in [4.69, 9.17) is 5.21 Å². The minimum Gasteiger partial charge on any atom is -0.411 e. The second-order valence-corrected chi connectivity index (χ2v) is 2.90. The average molecular weight is 175 g/mol. The van der Waals surface area contributed by atoms with Crippen molar-refractivity contribution in [2.24, 2.45) is 5.16 Å². The highest BCUT2D eigenvalue weighted by molar-refractivity contribution is 5.64. The van der Waals surface area contributed by atoms with E-state index in [1.165, 1.54) is 17.4 Å². The van der Waals surface area contributed by atoms with Crippen LogP contribution in [0, 0.1) is 0 Å². The zero-order valence-corrected chi connectivity index (χ0v) is 7.64. The highest BCUT2D eigenvalue weighted by atomic mass is 16.4. The number of rotatable bonds is 3. The lowest BCUT2D eigenvalue weighted by molar-refractivity contribution is 0.321. The molecule has 0 unspecified atom stereocenters. The molecule has 0 aliphatic rings. The van der Waals surface area contributed by atoms with Gasteiger partial charge in [0.2, 0.25) is 0 Å². The molecule has 2 heteroatoms. The third-order valence-corrected chi connectivity index (χ3v) is 1.71. The normalized spacial score (nSPS) is 12.2. The van der Waals surface area contributed by atoms with E-state index in [9.17, 15) is 0 Å². The molecule has 0 aromatic heterocycles. The van der Waals surface area contributed by atoms with Crippen molar-refractivity contribution < 1.29 is 5.21 Å². The van der Waals surface area contributed by atoms with Crippen LogP contribution < -0.4 is 0 Å². The summed E-state index contributed by atoms with van der Waals surface area (Å²) in [6, 6.07) is 10.1. The van der Waals surface area contributed by atoms with E-state index in [-0.39, 0.29) is 0 Å². The molecule has 1 rings (SSSR count). The number of nitrogens with zero attached hydrogens (tertiary/aromatic N) is 1. The molecule has 0 bridgehead atoms. The molecule has 0 aliphatic heterocycles. The first kappa shape index (κ1) is 9.52. The first-order valence-electron chi connectivity index (χ1n) is 4.21. The molecule has 68 valence electrons. The Balaban J connectivity index is 2.65. The van der Waals surface area contributed by atoms with Crippen molar-refractivity contribution in [3.8, 4) is 0 Å². The van der Waals surface area contributed by atoms with Gasteiger partial charge in [0.05, 0.1) is 0 Å². The van der Waals surface area contributed by atoms with Crippen molar-refractivity contribution >= 4 is 12.3 Å². The highest BCUT2D eigenvalue weighted by Gasteiger charge is 1.88. The fourth-order valence-electron chi connectivity index (χ4n) is 1.08. The van der Waals surface area contributed by atoms with Crippen LogP contribution in [0.25, 0.3) is 6.08 Å². The maximum absolute atomic E-state index is 8.22. The number of hydrogen-bond donors (Lipinski definition) is 1. The molecule has 0 spiro atoms. The zero-order chi connectivity index (χ0) is 9.52. The Kier molecular flexibility index (Phi) is 3.76. The van der Waals surface area contributed by atoms with E-state index in [1.807, 2.05) is 37.3 Å². The summed E-state index contributed by atoms with van der Waals surface area (Å²) in [7, 11) is 0. The number of benzene rings is 1. The molecule has 2 nitrogen and oxygen atoms in total. The molecule has 0 radical (unpaired) electrons. The maximum atomic E-state index is 8.22. The summed E-state index contributed by atoms with van der Waals surface area (Å²) in [4.78, 5) is 0. The van der Waals surface area contributed by atoms with Crippen LogP contribution in [0.4, 0.5) is 0 Å². The zero-order valence-electron chi connectivity index (χ0n) is 7.64. The molecule has 0 atom stereocenters. The molecule has 0 aliphatic carbocycles. The molecule has 13 heavy (non-hydrogen) atoms. The van der Waals surface area contributed by atoms with Crippen molar-refractivity contribution in [3.05, 3.63) is 41.5 Å². The van der Waals surface area contributed by atoms with Gasteiger partial charge in [0.25, 0.3) is 0 Å². The molecular formula is C11H13NO. The summed E-state index contributed by atoms with van der Waals surface area (Å²) in [6.07, 6.45) is 4.24. The van der Waals surface area contributed by atoms with E-state index in [0.717, 1.165) is 0 Å². The quantitative estimate of drug-likeness (QED) is 0.427. The maximum Gasteiger partial charge on any atom is 0.0476 e. The molecule has 1 aromatic carbocycles.